The van der Waals surface area contributed by atoms with E-state index in [1.165, 1.54) is 18.2 Å². The average molecular weight is 380 g/mol. The van der Waals surface area contributed by atoms with Crippen LogP contribution in [0.1, 0.15) is 39.5 Å². The highest BCUT2D eigenvalue weighted by Gasteiger charge is 2.72. The Bertz CT molecular complexity index is 761. The summed E-state index contributed by atoms with van der Waals surface area (Å²) in [6, 6.07) is 0. The number of aliphatic hydroxyl groups is 2. The molecule has 0 bridgehead atoms. The number of allylic oxidation sites excluding steroid dienone is 4. The molecule has 27 heavy (non-hydrogen) atoms. The lowest BCUT2D eigenvalue weighted by atomic mass is 9.45. The molecule has 6 heteroatoms. The van der Waals surface area contributed by atoms with Crippen LogP contribution in [0, 0.1) is 28.6 Å². The van der Waals surface area contributed by atoms with Crippen LogP contribution in [0.25, 0.3) is 0 Å². The molecule has 0 spiro atoms. The fourth-order valence-electron chi connectivity index (χ4n) is 6.84. The minimum absolute atomic E-state index is 0.0860. The molecule has 0 amide bonds. The van der Waals surface area contributed by atoms with Crippen molar-refractivity contribution in [3.05, 3.63) is 23.8 Å². The van der Waals surface area contributed by atoms with E-state index in [9.17, 15) is 19.8 Å². The van der Waals surface area contributed by atoms with Gasteiger partial charge in [0.1, 0.15) is 12.8 Å². The summed E-state index contributed by atoms with van der Waals surface area (Å²) in [5.74, 6) is -2.11. The molecule has 2 N–H and O–H groups in total. The molecule has 3 saturated carbocycles. The van der Waals surface area contributed by atoms with Gasteiger partial charge in [-0.05, 0) is 61.7 Å². The summed E-state index contributed by atoms with van der Waals surface area (Å²) in [4.78, 5) is 24.0. The number of ketones is 2. The third-order valence-electron chi connectivity index (χ3n) is 8.17. The molecule has 0 aliphatic heterocycles. The SMILES string of the molecule is C[C@]12C[C@H](O)[C@@]3(F)[C@@H](C[C@H](F)C4=CC(=O)C=C[C@@]43C)C1CCC2C(=O)CO. The van der Waals surface area contributed by atoms with E-state index in [1.807, 2.05) is 6.92 Å². The number of aliphatic hydroxyl groups excluding tert-OH is 2. The fraction of sp³-hybridized carbons (Fsp3) is 0.714. The van der Waals surface area contributed by atoms with E-state index in [0.29, 0.717) is 12.8 Å². The lowest BCUT2D eigenvalue weighted by Gasteiger charge is -2.62. The van der Waals surface area contributed by atoms with Gasteiger partial charge in [0.15, 0.2) is 17.2 Å². The molecule has 4 nitrogen and oxygen atoms in total. The summed E-state index contributed by atoms with van der Waals surface area (Å²) in [6.07, 6.45) is 2.09. The monoisotopic (exact) mass is 380 g/mol. The minimum Gasteiger partial charge on any atom is -0.390 e. The van der Waals surface area contributed by atoms with Crippen molar-refractivity contribution in [2.75, 3.05) is 6.61 Å². The second-order valence-electron chi connectivity index (χ2n) is 9.20. The van der Waals surface area contributed by atoms with Crippen LogP contribution >= 0.6 is 0 Å². The van der Waals surface area contributed by atoms with Crippen LogP contribution in [-0.4, -0.2) is 46.3 Å². The number of carbonyl (C=O) groups excluding carboxylic acids is 2. The first kappa shape index (κ1) is 18.9. The zero-order valence-corrected chi connectivity index (χ0v) is 15.6. The van der Waals surface area contributed by atoms with Crippen molar-refractivity contribution in [3.63, 3.8) is 0 Å². The molecule has 3 fully saturated rings. The summed E-state index contributed by atoms with van der Waals surface area (Å²) < 4.78 is 31.8. The first-order chi connectivity index (χ1) is 12.6. The van der Waals surface area contributed by atoms with E-state index in [-0.39, 0.29) is 35.9 Å². The predicted molar refractivity (Wildman–Crippen MR) is 94.2 cm³/mol. The van der Waals surface area contributed by atoms with Crippen molar-refractivity contribution in [2.24, 2.45) is 28.6 Å². The van der Waals surface area contributed by atoms with E-state index < -0.39 is 47.2 Å². The van der Waals surface area contributed by atoms with Gasteiger partial charge in [0.2, 0.25) is 0 Å². The topological polar surface area (TPSA) is 74.6 Å². The molecule has 8 atom stereocenters. The highest BCUT2D eigenvalue weighted by Crippen LogP contribution is 2.69. The molecule has 0 aromatic carbocycles. The first-order valence-corrected chi connectivity index (χ1v) is 9.69. The van der Waals surface area contributed by atoms with E-state index in [0.717, 1.165) is 0 Å². The zero-order valence-electron chi connectivity index (χ0n) is 15.6. The average Bonchev–Trinajstić information content (AvgIpc) is 2.95. The van der Waals surface area contributed by atoms with Crippen LogP contribution in [0.3, 0.4) is 0 Å². The molecule has 0 aromatic heterocycles. The Morgan fingerprint density at radius 1 is 1.30 bits per heavy atom. The van der Waals surface area contributed by atoms with Gasteiger partial charge in [0.05, 0.1) is 6.10 Å². The van der Waals surface area contributed by atoms with E-state index in [2.05, 4.69) is 0 Å². The summed E-state index contributed by atoms with van der Waals surface area (Å²) in [5, 5.41) is 20.3. The van der Waals surface area contributed by atoms with Crippen molar-refractivity contribution >= 4 is 11.6 Å². The Kier molecular flexibility index (Phi) is 4.07. The lowest BCUT2D eigenvalue weighted by molar-refractivity contribution is -0.202. The number of Topliss-reactive ketones (excluding diaryl/α,β-unsaturated/α-hetero) is 1. The van der Waals surface area contributed by atoms with Gasteiger partial charge in [-0.1, -0.05) is 13.0 Å². The number of carbonyl (C=O) groups is 2. The molecule has 0 saturated heterocycles. The molecule has 2 unspecified atom stereocenters. The molecule has 148 valence electrons. The van der Waals surface area contributed by atoms with Gasteiger partial charge in [-0.3, -0.25) is 9.59 Å². The fourth-order valence-corrected chi connectivity index (χ4v) is 6.84. The van der Waals surface area contributed by atoms with Crippen LogP contribution in [0.5, 0.6) is 0 Å². The van der Waals surface area contributed by atoms with Crippen molar-refractivity contribution in [1.29, 1.82) is 0 Å². The molecule has 4 rings (SSSR count). The van der Waals surface area contributed by atoms with Crippen molar-refractivity contribution in [1.82, 2.24) is 0 Å². The maximum Gasteiger partial charge on any atom is 0.178 e. The maximum atomic E-state index is 16.7. The zero-order chi connectivity index (χ0) is 19.8. The normalized spacial score (nSPS) is 51.3. The van der Waals surface area contributed by atoms with Gasteiger partial charge < -0.3 is 10.2 Å². The Balaban J connectivity index is 1.81. The standard InChI is InChI=1S/C21H26F2O4/c1-19-9-18(27)21(23)14(12(19)3-4-13(19)17(26)10-24)8-16(22)15-7-11(25)5-6-20(15,21)2/h5-7,12-14,16,18,24,27H,3-4,8-10H2,1-2H3/t12?,13?,14-,16-,18-,19-,20-,21-/m0/s1. The Labute approximate surface area is 157 Å². The van der Waals surface area contributed by atoms with Crippen molar-refractivity contribution in [3.8, 4) is 0 Å². The second-order valence-corrected chi connectivity index (χ2v) is 9.20. The number of hydrogen-bond donors (Lipinski definition) is 2. The minimum atomic E-state index is -2.10. The lowest BCUT2D eigenvalue weighted by Crippen LogP contribution is -2.68. The summed E-state index contributed by atoms with van der Waals surface area (Å²) in [7, 11) is 0. The third-order valence-corrected chi connectivity index (χ3v) is 8.17. The third kappa shape index (κ3) is 2.20. The molecule has 0 radical (unpaired) electrons. The maximum absolute atomic E-state index is 16.7. The number of rotatable bonds is 2. The molecule has 4 aliphatic rings. The molecular formula is C21H26F2O4. The molecular weight excluding hydrogens is 354 g/mol. The summed E-state index contributed by atoms with van der Waals surface area (Å²) in [6.45, 7) is 2.86. The second kappa shape index (κ2) is 5.80. The first-order valence-electron chi connectivity index (χ1n) is 9.69. The summed E-state index contributed by atoms with van der Waals surface area (Å²) >= 11 is 0. The smallest absolute Gasteiger partial charge is 0.178 e. The van der Waals surface area contributed by atoms with Gasteiger partial charge >= 0.3 is 0 Å². The van der Waals surface area contributed by atoms with Gasteiger partial charge in [-0.2, -0.15) is 0 Å². The van der Waals surface area contributed by atoms with Crippen LogP contribution in [0.4, 0.5) is 8.78 Å². The van der Waals surface area contributed by atoms with Crippen molar-refractivity contribution < 1.29 is 28.6 Å². The van der Waals surface area contributed by atoms with Gasteiger partial charge in [0, 0.05) is 17.3 Å². The highest BCUT2D eigenvalue weighted by atomic mass is 19.1. The van der Waals surface area contributed by atoms with E-state index in [4.69, 9.17) is 0 Å². The number of alkyl halides is 2. The van der Waals surface area contributed by atoms with Crippen LogP contribution < -0.4 is 0 Å². The Morgan fingerprint density at radius 2 is 2.00 bits per heavy atom. The predicted octanol–water partition coefficient (Wildman–Crippen LogP) is 2.48. The quantitative estimate of drug-likeness (QED) is 0.772. The van der Waals surface area contributed by atoms with E-state index in [1.54, 1.807) is 6.92 Å². The number of hydrogen-bond acceptors (Lipinski definition) is 4. The van der Waals surface area contributed by atoms with Crippen molar-refractivity contribution in [2.45, 2.75) is 57.5 Å². The Hall–Kier alpha value is -1.40. The van der Waals surface area contributed by atoms with E-state index >= 15 is 8.78 Å². The summed E-state index contributed by atoms with van der Waals surface area (Å²) in [5.41, 5.74) is -4.04. The number of fused-ring (bicyclic) bond motifs is 5. The Morgan fingerprint density at radius 3 is 2.67 bits per heavy atom. The van der Waals surface area contributed by atoms with Crippen LogP contribution in [0.15, 0.2) is 23.8 Å². The van der Waals surface area contributed by atoms with Crippen LogP contribution in [0.2, 0.25) is 0 Å². The number of halogens is 2. The van der Waals surface area contributed by atoms with Crippen LogP contribution in [-0.2, 0) is 9.59 Å². The highest BCUT2D eigenvalue weighted by molar-refractivity contribution is 6.01. The molecule has 4 aliphatic carbocycles. The molecule has 0 heterocycles. The van der Waals surface area contributed by atoms with Gasteiger partial charge in [-0.15, -0.1) is 0 Å². The van der Waals surface area contributed by atoms with Gasteiger partial charge in [0.25, 0.3) is 0 Å². The van der Waals surface area contributed by atoms with Gasteiger partial charge in [-0.25, -0.2) is 8.78 Å². The molecule has 0 aromatic rings. The largest absolute Gasteiger partial charge is 0.390 e.